The predicted octanol–water partition coefficient (Wildman–Crippen LogP) is 4.06. The van der Waals surface area contributed by atoms with Gasteiger partial charge in [-0.3, -0.25) is 9.59 Å². The first-order chi connectivity index (χ1) is 13.6. The fraction of sp³-hybridized carbons (Fsp3) is 0.0909. The zero-order valence-corrected chi connectivity index (χ0v) is 16.0. The van der Waals surface area contributed by atoms with Gasteiger partial charge in [0.1, 0.15) is 5.82 Å². The van der Waals surface area contributed by atoms with Crippen LogP contribution in [0.1, 0.15) is 15.9 Å². The number of hydrogen-bond acceptors (Lipinski definition) is 5. The number of rotatable bonds is 5. The molecule has 0 aliphatic rings. The van der Waals surface area contributed by atoms with Crippen LogP contribution in [-0.2, 0) is 0 Å². The number of aryl methyl sites for hydroxylation is 1. The summed E-state index contributed by atoms with van der Waals surface area (Å²) in [7, 11) is 0. The number of para-hydroxylation sites is 1. The molecule has 0 bridgehead atoms. The number of pyridine rings is 1. The van der Waals surface area contributed by atoms with Gasteiger partial charge in [0.25, 0.3) is 5.56 Å². The Hall–Kier alpha value is -3.25. The van der Waals surface area contributed by atoms with Gasteiger partial charge in [-0.1, -0.05) is 60.3 Å². The quantitative estimate of drug-likeness (QED) is 0.293. The summed E-state index contributed by atoms with van der Waals surface area (Å²) < 4.78 is 1.50. The summed E-state index contributed by atoms with van der Waals surface area (Å²) in [5.74, 6) is 0.693. The van der Waals surface area contributed by atoms with E-state index in [1.54, 1.807) is 30.5 Å². The standard InChI is InChI=1S/C22H17N3O2S/c1-15-8-7-13-23-20(15)25-21(27)17-11-5-6-12-18(17)24-22(25)28-14-19(26)16-9-3-2-4-10-16/h2-13H,14H2,1H3. The molecule has 2 heterocycles. The number of carbonyl (C=O) groups is 1. The van der Waals surface area contributed by atoms with E-state index in [4.69, 9.17) is 0 Å². The van der Waals surface area contributed by atoms with Crippen LogP contribution in [0.15, 0.2) is 82.9 Å². The summed E-state index contributed by atoms with van der Waals surface area (Å²) in [6.45, 7) is 1.90. The molecule has 0 saturated carbocycles. The first-order valence-electron chi connectivity index (χ1n) is 8.80. The van der Waals surface area contributed by atoms with Crippen LogP contribution in [0, 0.1) is 6.92 Å². The summed E-state index contributed by atoms with van der Waals surface area (Å²) in [6, 6.07) is 20.0. The molecule has 2 aromatic heterocycles. The molecule has 0 unspecified atom stereocenters. The van der Waals surface area contributed by atoms with E-state index >= 15 is 0 Å². The number of carbonyl (C=O) groups excluding carboxylic acids is 1. The fourth-order valence-electron chi connectivity index (χ4n) is 2.94. The Kier molecular flexibility index (Phi) is 5.04. The molecule has 0 N–H and O–H groups in total. The molecule has 0 atom stereocenters. The van der Waals surface area contributed by atoms with Gasteiger partial charge in [0, 0.05) is 11.8 Å². The minimum Gasteiger partial charge on any atom is -0.293 e. The van der Waals surface area contributed by atoms with E-state index < -0.39 is 0 Å². The molecule has 138 valence electrons. The lowest BCUT2D eigenvalue weighted by molar-refractivity contribution is 0.102. The van der Waals surface area contributed by atoms with Gasteiger partial charge in [-0.25, -0.2) is 14.5 Å². The van der Waals surface area contributed by atoms with Crippen LogP contribution in [0.5, 0.6) is 0 Å². The SMILES string of the molecule is Cc1cccnc1-n1c(SCC(=O)c2ccccc2)nc2ccccc2c1=O. The average molecular weight is 387 g/mol. The van der Waals surface area contributed by atoms with Crippen LogP contribution >= 0.6 is 11.8 Å². The molecule has 2 aromatic carbocycles. The van der Waals surface area contributed by atoms with E-state index in [9.17, 15) is 9.59 Å². The van der Waals surface area contributed by atoms with Gasteiger partial charge in [-0.05, 0) is 30.7 Å². The Balaban J connectivity index is 1.80. The monoisotopic (exact) mass is 387 g/mol. The smallest absolute Gasteiger partial charge is 0.267 e. The van der Waals surface area contributed by atoms with Crippen molar-refractivity contribution >= 4 is 28.4 Å². The summed E-state index contributed by atoms with van der Waals surface area (Å²) in [5.41, 5.74) is 1.91. The second-order valence-electron chi connectivity index (χ2n) is 6.27. The third-order valence-corrected chi connectivity index (χ3v) is 5.31. The first-order valence-corrected chi connectivity index (χ1v) is 9.78. The highest BCUT2D eigenvalue weighted by Crippen LogP contribution is 2.22. The fourth-order valence-corrected chi connectivity index (χ4v) is 3.83. The van der Waals surface area contributed by atoms with Gasteiger partial charge < -0.3 is 0 Å². The van der Waals surface area contributed by atoms with Crippen LogP contribution in [0.25, 0.3) is 16.7 Å². The normalized spacial score (nSPS) is 10.9. The van der Waals surface area contributed by atoms with Crippen molar-refractivity contribution in [2.24, 2.45) is 0 Å². The molecule has 5 nitrogen and oxygen atoms in total. The van der Waals surface area contributed by atoms with Crippen LogP contribution in [0.2, 0.25) is 0 Å². The summed E-state index contributed by atoms with van der Waals surface area (Å²) in [5, 5.41) is 0.973. The van der Waals surface area contributed by atoms with Crippen molar-refractivity contribution in [3.05, 3.63) is 94.4 Å². The van der Waals surface area contributed by atoms with Gasteiger partial charge in [0.2, 0.25) is 0 Å². The number of Topliss-reactive ketones (excluding diaryl/α,β-unsaturated/α-hetero) is 1. The predicted molar refractivity (Wildman–Crippen MR) is 111 cm³/mol. The lowest BCUT2D eigenvalue weighted by atomic mass is 10.2. The zero-order chi connectivity index (χ0) is 19.5. The maximum atomic E-state index is 13.2. The van der Waals surface area contributed by atoms with E-state index in [-0.39, 0.29) is 17.1 Å². The van der Waals surface area contributed by atoms with E-state index in [1.165, 1.54) is 16.3 Å². The molecular formula is C22H17N3O2S. The molecular weight excluding hydrogens is 370 g/mol. The minimum absolute atomic E-state index is 0.0164. The number of benzene rings is 2. The van der Waals surface area contributed by atoms with Crippen LogP contribution in [-0.4, -0.2) is 26.1 Å². The number of nitrogens with zero attached hydrogens (tertiary/aromatic N) is 3. The van der Waals surface area contributed by atoms with Crippen LogP contribution < -0.4 is 5.56 Å². The lowest BCUT2D eigenvalue weighted by Gasteiger charge is -2.13. The van der Waals surface area contributed by atoms with Crippen molar-refractivity contribution < 1.29 is 4.79 Å². The maximum Gasteiger partial charge on any atom is 0.267 e. The van der Waals surface area contributed by atoms with Crippen molar-refractivity contribution in [3.8, 4) is 5.82 Å². The summed E-state index contributed by atoms with van der Waals surface area (Å²) >= 11 is 1.24. The number of thioether (sulfide) groups is 1. The van der Waals surface area contributed by atoms with Gasteiger partial charge >= 0.3 is 0 Å². The van der Waals surface area contributed by atoms with Gasteiger partial charge in [0.05, 0.1) is 16.7 Å². The first kappa shape index (κ1) is 18.1. The molecule has 28 heavy (non-hydrogen) atoms. The third kappa shape index (κ3) is 3.46. The van der Waals surface area contributed by atoms with Gasteiger partial charge in [-0.15, -0.1) is 0 Å². The second kappa shape index (κ2) is 7.78. The highest BCUT2D eigenvalue weighted by Gasteiger charge is 2.17. The van der Waals surface area contributed by atoms with Crippen molar-refractivity contribution in [3.63, 3.8) is 0 Å². The van der Waals surface area contributed by atoms with E-state index in [0.717, 1.165) is 5.56 Å². The van der Waals surface area contributed by atoms with Crippen molar-refractivity contribution in [2.45, 2.75) is 12.1 Å². The second-order valence-corrected chi connectivity index (χ2v) is 7.22. The average Bonchev–Trinajstić information content (AvgIpc) is 2.73. The van der Waals surface area contributed by atoms with E-state index in [0.29, 0.717) is 27.4 Å². The number of fused-ring (bicyclic) bond motifs is 1. The minimum atomic E-state index is -0.193. The molecule has 0 spiro atoms. The van der Waals surface area contributed by atoms with Crippen molar-refractivity contribution in [2.75, 3.05) is 5.75 Å². The number of aromatic nitrogens is 3. The molecule has 0 aliphatic carbocycles. The van der Waals surface area contributed by atoms with Crippen molar-refractivity contribution in [1.29, 1.82) is 0 Å². The highest BCUT2D eigenvalue weighted by molar-refractivity contribution is 7.99. The van der Waals surface area contributed by atoms with Gasteiger partial charge in [-0.2, -0.15) is 0 Å². The Labute approximate surface area is 166 Å². The molecule has 4 aromatic rings. The third-order valence-electron chi connectivity index (χ3n) is 4.37. The summed E-state index contributed by atoms with van der Waals surface area (Å²) in [4.78, 5) is 34.8. The number of hydrogen-bond donors (Lipinski definition) is 0. The van der Waals surface area contributed by atoms with Crippen LogP contribution in [0.3, 0.4) is 0 Å². The molecule has 0 saturated heterocycles. The zero-order valence-electron chi connectivity index (χ0n) is 15.2. The molecule has 0 amide bonds. The molecule has 4 rings (SSSR count). The highest BCUT2D eigenvalue weighted by atomic mass is 32.2. The van der Waals surface area contributed by atoms with Gasteiger partial charge in [0.15, 0.2) is 10.9 Å². The summed E-state index contributed by atoms with van der Waals surface area (Å²) in [6.07, 6.45) is 1.65. The molecule has 6 heteroatoms. The topological polar surface area (TPSA) is 64.8 Å². The van der Waals surface area contributed by atoms with E-state index in [2.05, 4.69) is 9.97 Å². The molecule has 0 aliphatic heterocycles. The Morgan fingerprint density at radius 1 is 1.00 bits per heavy atom. The maximum absolute atomic E-state index is 13.2. The lowest BCUT2D eigenvalue weighted by Crippen LogP contribution is -2.23. The number of ketones is 1. The van der Waals surface area contributed by atoms with Crippen LogP contribution in [0.4, 0.5) is 0 Å². The van der Waals surface area contributed by atoms with E-state index in [1.807, 2.05) is 49.4 Å². The Morgan fingerprint density at radius 2 is 1.75 bits per heavy atom. The Morgan fingerprint density at radius 3 is 2.54 bits per heavy atom. The van der Waals surface area contributed by atoms with Crippen molar-refractivity contribution in [1.82, 2.24) is 14.5 Å². The Bertz CT molecular complexity index is 1220. The molecule has 0 radical (unpaired) electrons. The molecule has 0 fully saturated rings. The largest absolute Gasteiger partial charge is 0.293 e.